The predicted octanol–water partition coefficient (Wildman–Crippen LogP) is 0.841. The van der Waals surface area contributed by atoms with Crippen LogP contribution in [0.1, 0.15) is 16.8 Å². The molecule has 0 bridgehead atoms. The van der Waals surface area contributed by atoms with Crippen LogP contribution >= 0.6 is 11.3 Å². The Bertz CT molecular complexity index is 682. The molecule has 1 aliphatic heterocycles. The minimum atomic E-state index is -0.129. The topological polar surface area (TPSA) is 88.3 Å². The van der Waals surface area contributed by atoms with Crippen molar-refractivity contribution in [3.63, 3.8) is 0 Å². The Hall–Kier alpha value is -2.15. The van der Waals surface area contributed by atoms with Gasteiger partial charge in [0.25, 0.3) is 5.91 Å². The molecule has 2 amide bonds. The van der Waals surface area contributed by atoms with Crippen molar-refractivity contribution in [3.05, 3.63) is 23.8 Å². The fourth-order valence-electron chi connectivity index (χ4n) is 2.24. The van der Waals surface area contributed by atoms with Crippen molar-refractivity contribution in [3.8, 4) is 0 Å². The highest BCUT2D eigenvalue weighted by Crippen LogP contribution is 2.25. The number of nitrogens with one attached hydrogen (secondary N) is 1. The second-order valence-electron chi connectivity index (χ2n) is 4.66. The van der Waals surface area contributed by atoms with Gasteiger partial charge in [0.05, 0.1) is 16.8 Å². The Morgan fingerprint density at radius 1 is 1.45 bits per heavy atom. The largest absolute Gasteiger partial charge is 0.375 e. The molecule has 1 fully saturated rings. The Morgan fingerprint density at radius 2 is 2.30 bits per heavy atom. The maximum absolute atomic E-state index is 12.4. The van der Waals surface area contributed by atoms with Crippen LogP contribution < -0.4 is 11.1 Å². The van der Waals surface area contributed by atoms with E-state index in [1.807, 2.05) is 0 Å². The summed E-state index contributed by atoms with van der Waals surface area (Å²) < 4.78 is 0.882. The fourth-order valence-corrected chi connectivity index (χ4v) is 3.01. The summed E-state index contributed by atoms with van der Waals surface area (Å²) in [7, 11) is 0. The van der Waals surface area contributed by atoms with Crippen molar-refractivity contribution < 1.29 is 9.59 Å². The molecule has 0 unspecified atom stereocenters. The highest BCUT2D eigenvalue weighted by Gasteiger charge is 2.21. The van der Waals surface area contributed by atoms with Crippen LogP contribution in [0.2, 0.25) is 0 Å². The van der Waals surface area contributed by atoms with E-state index in [0.29, 0.717) is 23.8 Å². The number of fused-ring (bicyclic) bond motifs is 1. The van der Waals surface area contributed by atoms with Gasteiger partial charge >= 0.3 is 0 Å². The van der Waals surface area contributed by atoms with Gasteiger partial charge in [-0.25, -0.2) is 4.98 Å². The van der Waals surface area contributed by atoms with E-state index in [0.717, 1.165) is 16.6 Å². The Balaban J connectivity index is 1.88. The zero-order chi connectivity index (χ0) is 14.1. The number of carbonyl (C=O) groups is 2. The van der Waals surface area contributed by atoms with Gasteiger partial charge in [-0.2, -0.15) is 0 Å². The highest BCUT2D eigenvalue weighted by atomic mass is 32.1. The van der Waals surface area contributed by atoms with E-state index in [9.17, 15) is 9.59 Å². The average molecular weight is 290 g/mol. The molecule has 0 atom stereocenters. The molecule has 0 spiro atoms. The zero-order valence-electron chi connectivity index (χ0n) is 10.8. The smallest absolute Gasteiger partial charge is 0.254 e. The number of hydrogen-bond donors (Lipinski definition) is 2. The summed E-state index contributed by atoms with van der Waals surface area (Å²) >= 11 is 1.35. The fraction of sp³-hybridized carbons (Fsp3) is 0.308. The zero-order valence-corrected chi connectivity index (χ0v) is 11.6. The van der Waals surface area contributed by atoms with Crippen LogP contribution in [0.15, 0.2) is 18.2 Å². The Kier molecular flexibility index (Phi) is 3.27. The van der Waals surface area contributed by atoms with Crippen LogP contribution in [0.25, 0.3) is 10.2 Å². The van der Waals surface area contributed by atoms with Crippen molar-refractivity contribution in [1.29, 1.82) is 0 Å². The average Bonchev–Trinajstić information content (AvgIpc) is 2.65. The standard InChI is InChI=1S/C13H14N4O2S/c14-13-16-9-3-2-8(6-10(9)20-13)12(19)17-5-1-4-15-11(18)7-17/h2-3,6H,1,4-5,7H2,(H2,14,16)(H,15,18). The highest BCUT2D eigenvalue weighted by molar-refractivity contribution is 7.22. The van der Waals surface area contributed by atoms with Crippen molar-refractivity contribution in [2.24, 2.45) is 0 Å². The van der Waals surface area contributed by atoms with Gasteiger partial charge in [0.1, 0.15) is 0 Å². The molecule has 0 aliphatic carbocycles. The van der Waals surface area contributed by atoms with Gasteiger partial charge in [0.2, 0.25) is 5.91 Å². The first-order valence-electron chi connectivity index (χ1n) is 6.35. The van der Waals surface area contributed by atoms with Crippen LogP contribution in [0.3, 0.4) is 0 Å². The first-order chi connectivity index (χ1) is 9.63. The molecule has 1 aliphatic rings. The second kappa shape index (κ2) is 5.09. The third-order valence-corrected chi connectivity index (χ3v) is 4.05. The summed E-state index contributed by atoms with van der Waals surface area (Å²) in [6.07, 6.45) is 0.771. The summed E-state index contributed by atoms with van der Waals surface area (Å²) in [5.74, 6) is -0.241. The van der Waals surface area contributed by atoms with E-state index in [-0.39, 0.29) is 18.4 Å². The number of anilines is 1. The quantitative estimate of drug-likeness (QED) is 0.814. The first-order valence-corrected chi connectivity index (χ1v) is 7.17. The molecule has 104 valence electrons. The van der Waals surface area contributed by atoms with Gasteiger partial charge in [-0.05, 0) is 24.6 Å². The first kappa shape index (κ1) is 12.9. The molecule has 0 saturated carbocycles. The number of rotatable bonds is 1. The monoisotopic (exact) mass is 290 g/mol. The van der Waals surface area contributed by atoms with E-state index in [4.69, 9.17) is 5.73 Å². The molecule has 20 heavy (non-hydrogen) atoms. The normalized spacial score (nSPS) is 16.0. The lowest BCUT2D eigenvalue weighted by Crippen LogP contribution is -2.37. The van der Waals surface area contributed by atoms with Crippen molar-refractivity contribution in [2.75, 3.05) is 25.4 Å². The van der Waals surface area contributed by atoms with Crippen LogP contribution in [0, 0.1) is 0 Å². The van der Waals surface area contributed by atoms with E-state index in [1.165, 1.54) is 11.3 Å². The predicted molar refractivity (Wildman–Crippen MR) is 77.6 cm³/mol. The van der Waals surface area contributed by atoms with E-state index in [1.54, 1.807) is 23.1 Å². The lowest BCUT2D eigenvalue weighted by atomic mass is 10.2. The summed E-state index contributed by atoms with van der Waals surface area (Å²) in [5, 5.41) is 3.24. The van der Waals surface area contributed by atoms with Gasteiger partial charge in [0, 0.05) is 18.7 Å². The number of carbonyl (C=O) groups excluding carboxylic acids is 2. The third-order valence-electron chi connectivity index (χ3n) is 3.20. The molecule has 7 heteroatoms. The van der Waals surface area contributed by atoms with Crippen LogP contribution in [0.4, 0.5) is 5.13 Å². The number of benzene rings is 1. The molecule has 2 heterocycles. The summed E-state index contributed by atoms with van der Waals surface area (Å²) in [5.41, 5.74) is 7.01. The minimum absolute atomic E-state index is 0.112. The Labute approximate surface area is 119 Å². The summed E-state index contributed by atoms with van der Waals surface area (Å²) in [4.78, 5) is 29.7. The van der Waals surface area contributed by atoms with Gasteiger partial charge in [-0.3, -0.25) is 9.59 Å². The number of thiazole rings is 1. The maximum Gasteiger partial charge on any atom is 0.254 e. The SMILES string of the molecule is Nc1nc2ccc(C(=O)N3CCCNC(=O)C3)cc2s1. The van der Waals surface area contributed by atoms with Gasteiger partial charge in [-0.15, -0.1) is 0 Å². The number of amides is 2. The lowest BCUT2D eigenvalue weighted by molar-refractivity contribution is -0.121. The van der Waals surface area contributed by atoms with Gasteiger partial charge < -0.3 is 16.0 Å². The molecule has 0 radical (unpaired) electrons. The van der Waals surface area contributed by atoms with Crippen molar-refractivity contribution in [1.82, 2.24) is 15.2 Å². The molecule has 1 aromatic heterocycles. The molecule has 6 nitrogen and oxygen atoms in total. The van der Waals surface area contributed by atoms with E-state index >= 15 is 0 Å². The summed E-state index contributed by atoms with van der Waals surface area (Å²) in [6, 6.07) is 5.30. The minimum Gasteiger partial charge on any atom is -0.375 e. The molecule has 1 saturated heterocycles. The number of nitrogens with two attached hydrogens (primary N) is 1. The Morgan fingerprint density at radius 3 is 3.15 bits per heavy atom. The number of aromatic nitrogens is 1. The van der Waals surface area contributed by atoms with Gasteiger partial charge in [-0.1, -0.05) is 11.3 Å². The van der Waals surface area contributed by atoms with Crippen LogP contribution in [0.5, 0.6) is 0 Å². The van der Waals surface area contributed by atoms with Crippen LogP contribution in [-0.2, 0) is 4.79 Å². The molecule has 2 aromatic rings. The van der Waals surface area contributed by atoms with Crippen molar-refractivity contribution in [2.45, 2.75) is 6.42 Å². The number of nitrogens with zero attached hydrogens (tertiary/aromatic N) is 2. The lowest BCUT2D eigenvalue weighted by Gasteiger charge is -2.18. The third kappa shape index (κ3) is 2.44. The second-order valence-corrected chi connectivity index (χ2v) is 5.73. The molecule has 3 N–H and O–H groups in total. The summed E-state index contributed by atoms with van der Waals surface area (Å²) in [6.45, 7) is 1.31. The molecular formula is C13H14N4O2S. The maximum atomic E-state index is 12.4. The molecule has 1 aromatic carbocycles. The van der Waals surface area contributed by atoms with E-state index < -0.39 is 0 Å². The molecule has 3 rings (SSSR count). The van der Waals surface area contributed by atoms with Crippen molar-refractivity contribution >= 4 is 38.5 Å². The van der Waals surface area contributed by atoms with E-state index in [2.05, 4.69) is 10.3 Å². The van der Waals surface area contributed by atoms with Crippen LogP contribution in [-0.4, -0.2) is 41.3 Å². The number of hydrogen-bond acceptors (Lipinski definition) is 5. The number of nitrogen functional groups attached to an aromatic ring is 1. The molecular weight excluding hydrogens is 276 g/mol. The van der Waals surface area contributed by atoms with Gasteiger partial charge in [0.15, 0.2) is 5.13 Å².